The lowest BCUT2D eigenvalue weighted by atomic mass is 10.1. The van der Waals surface area contributed by atoms with Crippen LogP contribution in [-0.4, -0.2) is 83.1 Å². The molecule has 54 heavy (non-hydrogen) atoms. The van der Waals surface area contributed by atoms with Crippen molar-refractivity contribution < 1.29 is 14.3 Å². The first-order chi connectivity index (χ1) is 26.4. The fourth-order valence-corrected chi connectivity index (χ4v) is 6.72. The van der Waals surface area contributed by atoms with E-state index >= 15 is 0 Å². The molecule has 1 aliphatic rings. The second-order valence-electron chi connectivity index (χ2n) is 13.0. The zero-order valence-electron chi connectivity index (χ0n) is 29.4. The summed E-state index contributed by atoms with van der Waals surface area (Å²) in [6.07, 6.45) is 4.53. The van der Waals surface area contributed by atoms with Crippen LogP contribution in [0.3, 0.4) is 0 Å². The zero-order chi connectivity index (χ0) is 37.0. The molecule has 1 fully saturated rings. The first-order valence-electron chi connectivity index (χ1n) is 17.6. The van der Waals surface area contributed by atoms with E-state index < -0.39 is 12.1 Å². The summed E-state index contributed by atoms with van der Waals surface area (Å²) in [4.78, 5) is 53.0. The Morgan fingerprint density at radius 3 is 2.57 bits per heavy atom. The average Bonchev–Trinajstić information content (AvgIpc) is 3.64. The summed E-state index contributed by atoms with van der Waals surface area (Å²) >= 11 is 0. The number of ether oxygens (including phenoxy) is 1. The molecule has 1 aliphatic heterocycles. The van der Waals surface area contributed by atoms with Crippen molar-refractivity contribution in [1.29, 1.82) is 0 Å². The molecule has 8 rings (SSSR count). The lowest BCUT2D eigenvalue weighted by Gasteiger charge is -2.43. The van der Waals surface area contributed by atoms with Gasteiger partial charge in [-0.25, -0.2) is 29.5 Å². The minimum Gasteiger partial charge on any atom is -0.445 e. The number of anilines is 3. The molecular weight excluding hydrogens is 683 g/mol. The van der Waals surface area contributed by atoms with Gasteiger partial charge in [0.1, 0.15) is 18.8 Å². The van der Waals surface area contributed by atoms with Gasteiger partial charge in [0.2, 0.25) is 11.9 Å². The summed E-state index contributed by atoms with van der Waals surface area (Å²) in [7, 11) is 0. The molecule has 1 saturated heterocycles. The third-order valence-electron chi connectivity index (χ3n) is 9.52. The Morgan fingerprint density at radius 2 is 1.70 bits per heavy atom. The average molecular weight is 720 g/mol. The summed E-state index contributed by atoms with van der Waals surface area (Å²) in [5, 5.41) is 8.47. The number of imidazole rings is 1. The van der Waals surface area contributed by atoms with Crippen LogP contribution in [0.15, 0.2) is 122 Å². The number of hydrogen-bond donors (Lipinski definition) is 3. The van der Waals surface area contributed by atoms with Gasteiger partial charge in [-0.3, -0.25) is 9.47 Å². The lowest BCUT2D eigenvalue weighted by Crippen LogP contribution is -2.61. The number of amides is 3. The van der Waals surface area contributed by atoms with E-state index in [2.05, 4.69) is 30.6 Å². The van der Waals surface area contributed by atoms with Crippen LogP contribution in [0.4, 0.5) is 27.2 Å². The number of hydrogen-bond acceptors (Lipinski definition) is 10. The molecule has 2 unspecified atom stereocenters. The molecule has 4 N–H and O–H groups in total. The van der Waals surface area contributed by atoms with Crippen molar-refractivity contribution in [3.8, 4) is 17.1 Å². The quantitative estimate of drug-likeness (QED) is 0.161. The molecule has 0 spiro atoms. The number of carbonyl (C=O) groups excluding carboxylic acids is 2. The Bertz CT molecular complexity index is 2450. The van der Waals surface area contributed by atoms with Gasteiger partial charge >= 0.3 is 12.1 Å². The van der Waals surface area contributed by atoms with Gasteiger partial charge in [-0.2, -0.15) is 4.98 Å². The van der Waals surface area contributed by atoms with E-state index in [0.717, 1.165) is 38.6 Å². The van der Waals surface area contributed by atoms with Crippen LogP contribution in [0.25, 0.3) is 38.9 Å². The largest absolute Gasteiger partial charge is 0.445 e. The Labute approximate surface area is 310 Å². The maximum Gasteiger partial charge on any atom is 0.410 e. The summed E-state index contributed by atoms with van der Waals surface area (Å²) in [5.41, 5.74) is 10.6. The molecule has 2 atom stereocenters. The third-order valence-corrected chi connectivity index (χ3v) is 9.52. The first-order valence-corrected chi connectivity index (χ1v) is 17.6. The Kier molecular flexibility index (Phi) is 9.37. The second kappa shape index (κ2) is 14.9. The van der Waals surface area contributed by atoms with E-state index in [0.29, 0.717) is 24.0 Å². The minimum atomic E-state index is -0.476. The number of aromatic nitrogens is 6. The maximum absolute atomic E-state index is 13.7. The van der Waals surface area contributed by atoms with Crippen LogP contribution in [0.5, 0.6) is 0 Å². The number of urea groups is 1. The molecule has 0 saturated carbocycles. The van der Waals surface area contributed by atoms with Crippen LogP contribution in [-0.2, 0) is 11.3 Å². The van der Waals surface area contributed by atoms with E-state index in [1.807, 2.05) is 102 Å². The standard InChI is InChI=1S/C40H37N11O3/c1-26(45-38-43-19-17-36(48-38)51-25-44-33-22-29(14-15-34(33)51)31-16-18-42-37(41)46-31)35-23-49(20-21-50(35)40(53)54-24-27-8-3-2-4-9-27)39(52)47-32-13-7-11-28-10-5-6-12-30(28)32/h2-19,22,25-26,35H,20-21,23-24H2,1H3,(H,47,52)(H2,41,42,46)(H,43,45,48). The van der Waals surface area contributed by atoms with Crippen LogP contribution < -0.4 is 16.4 Å². The van der Waals surface area contributed by atoms with Crippen molar-refractivity contribution in [2.45, 2.75) is 25.6 Å². The highest BCUT2D eigenvalue weighted by Crippen LogP contribution is 2.26. The maximum atomic E-state index is 13.7. The highest BCUT2D eigenvalue weighted by molar-refractivity contribution is 6.01. The van der Waals surface area contributed by atoms with Gasteiger partial charge in [0.15, 0.2) is 0 Å². The number of nitrogens with two attached hydrogens (primary N) is 1. The Balaban J connectivity index is 1.02. The van der Waals surface area contributed by atoms with Gasteiger partial charge in [0.05, 0.1) is 28.5 Å². The fourth-order valence-electron chi connectivity index (χ4n) is 6.72. The molecule has 0 radical (unpaired) electrons. The molecule has 3 amide bonds. The summed E-state index contributed by atoms with van der Waals surface area (Å²) in [6, 6.07) is 31.6. The van der Waals surface area contributed by atoms with Gasteiger partial charge in [-0.05, 0) is 48.2 Å². The molecule has 14 heteroatoms. The lowest BCUT2D eigenvalue weighted by molar-refractivity contribution is 0.0484. The Hall–Kier alpha value is -7.09. The molecule has 0 bridgehead atoms. The number of nitrogens with zero attached hydrogens (tertiary/aromatic N) is 8. The molecule has 4 aromatic carbocycles. The highest BCUT2D eigenvalue weighted by Gasteiger charge is 2.37. The summed E-state index contributed by atoms with van der Waals surface area (Å²) < 4.78 is 7.65. The molecule has 4 heterocycles. The third kappa shape index (κ3) is 7.17. The van der Waals surface area contributed by atoms with Gasteiger partial charge < -0.3 is 26.0 Å². The number of carbonyl (C=O) groups is 2. The molecular formula is C40H37N11O3. The van der Waals surface area contributed by atoms with E-state index in [4.69, 9.17) is 15.5 Å². The number of benzene rings is 4. The number of nitrogens with one attached hydrogen (secondary N) is 2. The predicted octanol–water partition coefficient (Wildman–Crippen LogP) is 6.36. The van der Waals surface area contributed by atoms with Crippen LogP contribution in [0, 0.1) is 0 Å². The van der Waals surface area contributed by atoms with Gasteiger partial charge in [0, 0.05) is 49.0 Å². The SMILES string of the molecule is CC(Nc1nccc(-n2cnc3cc(-c4ccnc(N)n4)ccc32)n1)C1CN(C(=O)Nc2cccc3ccccc23)CCN1C(=O)OCc1ccccc1. The number of piperazine rings is 1. The number of fused-ring (bicyclic) bond motifs is 2. The van der Waals surface area contributed by atoms with E-state index in [1.54, 1.807) is 40.7 Å². The predicted molar refractivity (Wildman–Crippen MR) is 207 cm³/mol. The van der Waals surface area contributed by atoms with Gasteiger partial charge in [0.25, 0.3) is 0 Å². The van der Waals surface area contributed by atoms with Crippen molar-refractivity contribution in [2.75, 3.05) is 36.0 Å². The molecule has 7 aromatic rings. The monoisotopic (exact) mass is 719 g/mol. The van der Waals surface area contributed by atoms with Crippen molar-refractivity contribution in [3.63, 3.8) is 0 Å². The molecule has 0 aliphatic carbocycles. The van der Waals surface area contributed by atoms with E-state index in [9.17, 15) is 9.59 Å². The van der Waals surface area contributed by atoms with Crippen molar-refractivity contribution in [3.05, 3.63) is 127 Å². The molecule has 270 valence electrons. The van der Waals surface area contributed by atoms with Crippen LogP contribution in [0.1, 0.15) is 12.5 Å². The summed E-state index contributed by atoms with van der Waals surface area (Å²) in [6.45, 7) is 2.93. The molecule has 14 nitrogen and oxygen atoms in total. The highest BCUT2D eigenvalue weighted by atomic mass is 16.6. The van der Waals surface area contributed by atoms with Crippen molar-refractivity contribution in [1.82, 2.24) is 39.3 Å². The van der Waals surface area contributed by atoms with Crippen LogP contribution >= 0.6 is 0 Å². The van der Waals surface area contributed by atoms with E-state index in [1.165, 1.54) is 0 Å². The van der Waals surface area contributed by atoms with Gasteiger partial charge in [-0.1, -0.05) is 72.8 Å². The second-order valence-corrected chi connectivity index (χ2v) is 13.0. The number of nitrogen functional groups attached to an aromatic ring is 1. The van der Waals surface area contributed by atoms with Crippen molar-refractivity contribution >= 4 is 51.5 Å². The Morgan fingerprint density at radius 1 is 0.889 bits per heavy atom. The van der Waals surface area contributed by atoms with E-state index in [-0.39, 0.29) is 37.7 Å². The van der Waals surface area contributed by atoms with Crippen molar-refractivity contribution in [2.24, 2.45) is 0 Å². The number of rotatable bonds is 8. The molecule has 3 aromatic heterocycles. The fraction of sp³-hybridized carbons (Fsp3) is 0.175. The topological polar surface area (TPSA) is 169 Å². The van der Waals surface area contributed by atoms with Crippen LogP contribution in [0.2, 0.25) is 0 Å². The first kappa shape index (κ1) is 34.0. The smallest absolute Gasteiger partial charge is 0.410 e. The normalized spacial score (nSPS) is 14.9. The minimum absolute atomic E-state index is 0.134. The van der Waals surface area contributed by atoms with Gasteiger partial charge in [-0.15, -0.1) is 0 Å². The zero-order valence-corrected chi connectivity index (χ0v) is 29.4. The summed E-state index contributed by atoms with van der Waals surface area (Å²) in [5.74, 6) is 1.15.